The maximum absolute atomic E-state index is 3.64. The molecule has 2 unspecified atom stereocenters. The van der Waals surface area contributed by atoms with E-state index in [1.807, 2.05) is 11.3 Å². The van der Waals surface area contributed by atoms with Crippen molar-refractivity contribution in [1.82, 2.24) is 5.32 Å². The van der Waals surface area contributed by atoms with Crippen molar-refractivity contribution in [2.45, 2.75) is 45.6 Å². The molecule has 1 heterocycles. The van der Waals surface area contributed by atoms with Crippen molar-refractivity contribution in [1.29, 1.82) is 0 Å². The first-order chi connectivity index (χ1) is 9.74. The summed E-state index contributed by atoms with van der Waals surface area (Å²) < 4.78 is 1.44. The zero-order chi connectivity index (χ0) is 13.9. The Balaban J connectivity index is 1.70. The molecule has 1 aliphatic carbocycles. The van der Waals surface area contributed by atoms with Gasteiger partial charge in [-0.2, -0.15) is 0 Å². The first-order valence-electron chi connectivity index (χ1n) is 7.92. The van der Waals surface area contributed by atoms with Gasteiger partial charge in [-0.05, 0) is 60.0 Å². The Labute approximate surface area is 126 Å². The third-order valence-electron chi connectivity index (χ3n) is 4.65. The Morgan fingerprint density at radius 2 is 2.00 bits per heavy atom. The summed E-state index contributed by atoms with van der Waals surface area (Å²) in [7, 11) is 0. The second-order valence-electron chi connectivity index (χ2n) is 6.48. The molecule has 1 saturated carbocycles. The highest BCUT2D eigenvalue weighted by atomic mass is 32.1. The third kappa shape index (κ3) is 3.07. The van der Waals surface area contributed by atoms with Gasteiger partial charge in [-0.1, -0.05) is 38.5 Å². The second kappa shape index (κ2) is 6.28. The van der Waals surface area contributed by atoms with Crippen molar-refractivity contribution in [3.63, 3.8) is 0 Å². The summed E-state index contributed by atoms with van der Waals surface area (Å²) >= 11 is 1.90. The highest BCUT2D eigenvalue weighted by Gasteiger charge is 2.27. The molecule has 2 heteroatoms. The SMILES string of the molecule is CC(C)NCC1CCCC1Cc1csc2ccccc12. The summed E-state index contributed by atoms with van der Waals surface area (Å²) in [5.41, 5.74) is 1.58. The summed E-state index contributed by atoms with van der Waals surface area (Å²) in [6, 6.07) is 9.46. The van der Waals surface area contributed by atoms with Crippen LogP contribution in [0.5, 0.6) is 0 Å². The van der Waals surface area contributed by atoms with Crippen LogP contribution >= 0.6 is 11.3 Å². The van der Waals surface area contributed by atoms with E-state index in [0.717, 1.165) is 11.8 Å². The average molecular weight is 287 g/mol. The fraction of sp³-hybridized carbons (Fsp3) is 0.556. The van der Waals surface area contributed by atoms with Crippen LogP contribution in [-0.4, -0.2) is 12.6 Å². The van der Waals surface area contributed by atoms with Crippen molar-refractivity contribution >= 4 is 21.4 Å². The molecule has 1 fully saturated rings. The summed E-state index contributed by atoms with van der Waals surface area (Å²) in [5, 5.41) is 7.51. The number of hydrogen-bond acceptors (Lipinski definition) is 2. The molecule has 2 aromatic rings. The molecule has 3 rings (SSSR count). The van der Waals surface area contributed by atoms with Crippen LogP contribution < -0.4 is 5.32 Å². The lowest BCUT2D eigenvalue weighted by atomic mass is 9.89. The van der Waals surface area contributed by atoms with Gasteiger partial charge in [0.05, 0.1) is 0 Å². The molecule has 108 valence electrons. The molecule has 1 nitrogen and oxygen atoms in total. The second-order valence-corrected chi connectivity index (χ2v) is 7.39. The summed E-state index contributed by atoms with van der Waals surface area (Å²) in [6.07, 6.45) is 5.51. The Morgan fingerprint density at radius 1 is 1.20 bits per heavy atom. The van der Waals surface area contributed by atoms with Crippen LogP contribution in [0.2, 0.25) is 0 Å². The van der Waals surface area contributed by atoms with Crippen LogP contribution in [0.4, 0.5) is 0 Å². The molecule has 0 aliphatic heterocycles. The van der Waals surface area contributed by atoms with Crippen molar-refractivity contribution in [2.24, 2.45) is 11.8 Å². The van der Waals surface area contributed by atoms with Crippen molar-refractivity contribution in [3.8, 4) is 0 Å². The molecular weight excluding hydrogens is 262 g/mol. The molecule has 1 aromatic heterocycles. The van der Waals surface area contributed by atoms with Crippen LogP contribution in [0.15, 0.2) is 29.6 Å². The van der Waals surface area contributed by atoms with Crippen molar-refractivity contribution in [2.75, 3.05) is 6.54 Å². The normalized spacial score (nSPS) is 22.9. The first-order valence-corrected chi connectivity index (χ1v) is 8.80. The lowest BCUT2D eigenvalue weighted by Crippen LogP contribution is -2.31. The van der Waals surface area contributed by atoms with Gasteiger partial charge in [-0.15, -0.1) is 11.3 Å². The maximum Gasteiger partial charge on any atom is 0.0345 e. The van der Waals surface area contributed by atoms with Crippen LogP contribution in [0, 0.1) is 11.8 Å². The fourth-order valence-electron chi connectivity index (χ4n) is 3.51. The van der Waals surface area contributed by atoms with E-state index in [0.29, 0.717) is 6.04 Å². The van der Waals surface area contributed by atoms with Gasteiger partial charge in [0.15, 0.2) is 0 Å². The average Bonchev–Trinajstić information content (AvgIpc) is 3.05. The number of hydrogen-bond donors (Lipinski definition) is 1. The molecule has 0 bridgehead atoms. The van der Waals surface area contributed by atoms with Crippen molar-refractivity contribution < 1.29 is 0 Å². The van der Waals surface area contributed by atoms with E-state index < -0.39 is 0 Å². The van der Waals surface area contributed by atoms with Gasteiger partial charge in [-0.3, -0.25) is 0 Å². The molecule has 0 spiro atoms. The standard InChI is InChI=1S/C18H25NS/c1-13(2)19-11-15-7-5-6-14(15)10-16-12-20-18-9-4-3-8-17(16)18/h3-4,8-9,12-15,19H,5-7,10-11H2,1-2H3. The van der Waals surface area contributed by atoms with Crippen LogP contribution in [0.3, 0.4) is 0 Å². The molecule has 0 radical (unpaired) electrons. The minimum absolute atomic E-state index is 0.609. The van der Waals surface area contributed by atoms with Gasteiger partial charge in [0.1, 0.15) is 0 Å². The molecule has 1 N–H and O–H groups in total. The number of fused-ring (bicyclic) bond motifs is 1. The predicted octanol–water partition coefficient (Wildman–Crippen LogP) is 4.86. The van der Waals surface area contributed by atoms with Crippen LogP contribution in [-0.2, 0) is 6.42 Å². The Hall–Kier alpha value is -0.860. The fourth-order valence-corrected chi connectivity index (χ4v) is 4.49. The van der Waals surface area contributed by atoms with Gasteiger partial charge >= 0.3 is 0 Å². The molecule has 1 aromatic carbocycles. The Morgan fingerprint density at radius 3 is 2.85 bits per heavy atom. The van der Waals surface area contributed by atoms with Gasteiger partial charge in [0, 0.05) is 10.7 Å². The lowest BCUT2D eigenvalue weighted by molar-refractivity contribution is 0.355. The minimum atomic E-state index is 0.609. The van der Waals surface area contributed by atoms with Gasteiger partial charge in [-0.25, -0.2) is 0 Å². The highest BCUT2D eigenvalue weighted by molar-refractivity contribution is 7.17. The van der Waals surface area contributed by atoms with E-state index in [4.69, 9.17) is 0 Å². The van der Waals surface area contributed by atoms with Crippen LogP contribution in [0.25, 0.3) is 10.1 Å². The molecule has 0 amide bonds. The van der Waals surface area contributed by atoms with E-state index in [1.54, 1.807) is 5.56 Å². The summed E-state index contributed by atoms with van der Waals surface area (Å²) in [6.45, 7) is 5.69. The third-order valence-corrected chi connectivity index (χ3v) is 5.66. The number of thiophene rings is 1. The zero-order valence-corrected chi connectivity index (χ0v) is 13.4. The number of nitrogens with one attached hydrogen (secondary N) is 1. The highest BCUT2D eigenvalue weighted by Crippen LogP contribution is 2.36. The van der Waals surface area contributed by atoms with E-state index in [9.17, 15) is 0 Å². The van der Waals surface area contributed by atoms with E-state index >= 15 is 0 Å². The maximum atomic E-state index is 3.64. The van der Waals surface area contributed by atoms with Gasteiger partial charge in [0.2, 0.25) is 0 Å². The topological polar surface area (TPSA) is 12.0 Å². The van der Waals surface area contributed by atoms with E-state index in [-0.39, 0.29) is 0 Å². The Bertz CT molecular complexity index is 557. The summed E-state index contributed by atoms with van der Waals surface area (Å²) in [5.74, 6) is 1.75. The molecule has 20 heavy (non-hydrogen) atoms. The molecule has 1 aliphatic rings. The quantitative estimate of drug-likeness (QED) is 0.828. The molecular formula is C18H25NS. The zero-order valence-electron chi connectivity index (χ0n) is 12.6. The van der Waals surface area contributed by atoms with E-state index in [2.05, 4.69) is 48.8 Å². The smallest absolute Gasteiger partial charge is 0.0345 e. The van der Waals surface area contributed by atoms with E-state index in [1.165, 1.54) is 42.3 Å². The molecule has 2 atom stereocenters. The lowest BCUT2D eigenvalue weighted by Gasteiger charge is -2.21. The summed E-state index contributed by atoms with van der Waals surface area (Å²) in [4.78, 5) is 0. The monoisotopic (exact) mass is 287 g/mol. The van der Waals surface area contributed by atoms with Gasteiger partial charge < -0.3 is 5.32 Å². The number of rotatable bonds is 5. The number of benzene rings is 1. The Kier molecular flexibility index (Phi) is 4.42. The van der Waals surface area contributed by atoms with Crippen LogP contribution in [0.1, 0.15) is 38.7 Å². The first kappa shape index (κ1) is 14.1. The predicted molar refractivity (Wildman–Crippen MR) is 89.5 cm³/mol. The largest absolute Gasteiger partial charge is 0.314 e. The van der Waals surface area contributed by atoms with Crippen molar-refractivity contribution in [3.05, 3.63) is 35.2 Å². The van der Waals surface area contributed by atoms with Gasteiger partial charge in [0.25, 0.3) is 0 Å². The minimum Gasteiger partial charge on any atom is -0.314 e. The molecule has 0 saturated heterocycles.